The van der Waals surface area contributed by atoms with Gasteiger partial charge in [0, 0.05) is 58.4 Å². The van der Waals surface area contributed by atoms with Crippen LogP contribution in [0.1, 0.15) is 350 Å². The monoisotopic (exact) mass is 1900 g/mol. The molecule has 28 nitrogen and oxygen atoms in total. The molecule has 12 aliphatic rings. The molecule has 0 aliphatic carbocycles. The third kappa shape index (κ3) is 20.6. The highest BCUT2D eigenvalue weighted by Gasteiger charge is 2.51. The van der Waals surface area contributed by atoms with E-state index in [0.29, 0.717) is 157 Å². The third-order valence-electron chi connectivity index (χ3n) is 26.8. The van der Waals surface area contributed by atoms with Crippen molar-refractivity contribution < 1.29 is 89.9 Å². The first-order valence-electron chi connectivity index (χ1n) is 46.6. The smallest absolute Gasteiger partial charge is 0.262 e. The van der Waals surface area contributed by atoms with Crippen LogP contribution in [0.3, 0.4) is 0 Å². The molecule has 6 aromatic carbocycles. The maximum absolute atomic E-state index is 14.4. The molecule has 6 atom stereocenters. The van der Waals surface area contributed by atoms with Gasteiger partial charge in [0.25, 0.3) is 59.1 Å². The van der Waals surface area contributed by atoms with E-state index in [4.69, 9.17) is 0 Å². The summed E-state index contributed by atoms with van der Waals surface area (Å²) in [6, 6.07) is 20.7. The molecule has 730 valence electrons. The largest absolute Gasteiger partial charge is 0.329 e. The molecule has 4 unspecified atom stereocenters. The minimum absolute atomic E-state index is 0.0164. The van der Waals surface area contributed by atoms with Gasteiger partial charge in [-0.25, -0.2) is 13.2 Å². The summed E-state index contributed by atoms with van der Waals surface area (Å²) in [6.45, 7) is 58.8. The number of carbonyl (C=O) groups is 16. The van der Waals surface area contributed by atoms with Crippen LogP contribution in [-0.4, -0.2) is 160 Å². The molecule has 6 N–H and O–H groups in total. The first-order valence-corrected chi connectivity index (χ1v) is 46.6. The van der Waals surface area contributed by atoms with Gasteiger partial charge >= 0.3 is 0 Å². The third-order valence-corrected chi connectivity index (χ3v) is 26.8. The van der Waals surface area contributed by atoms with Crippen molar-refractivity contribution in [1.29, 1.82) is 0 Å². The summed E-state index contributed by atoms with van der Waals surface area (Å²) in [6.07, 6.45) is 6.18. The quantitative estimate of drug-likeness (QED) is 0.0844. The fourth-order valence-electron chi connectivity index (χ4n) is 18.7. The number of piperidine rings is 6. The molecule has 12 aliphatic heterocycles. The maximum Gasteiger partial charge on any atom is 0.262 e. The van der Waals surface area contributed by atoms with Crippen LogP contribution in [0.5, 0.6) is 0 Å². The summed E-state index contributed by atoms with van der Waals surface area (Å²) in [4.78, 5) is 207. The highest BCUT2D eigenvalue weighted by atomic mass is 19.1. The molecule has 0 radical (unpaired) electrons. The average molecular weight is 1900 g/mol. The van der Waals surface area contributed by atoms with Crippen LogP contribution in [0.4, 0.5) is 13.2 Å². The molecule has 6 aromatic rings. The molecule has 6 fully saturated rings. The van der Waals surface area contributed by atoms with Crippen molar-refractivity contribution in [3.05, 3.63) is 282 Å². The summed E-state index contributed by atoms with van der Waals surface area (Å²) in [5, 5.41) is 15.9. The second kappa shape index (κ2) is 38.0. The Morgan fingerprint density at radius 2 is 0.446 bits per heavy atom. The van der Waals surface area contributed by atoms with Gasteiger partial charge in [0.1, 0.15) is 53.7 Å². The standard InChI is InChI=1S/2C18H19FN2O3.C18H21FN2O2.2C18H20N2O3.C18H22N2O2/c2*1-9-5-6-14(15(22)20-9)21-16(23)10-7-12(18(2,3)4)13(19)8-11(10)17(21)24;1-10-5-6-15(16(22)20-10)21-9-11-7-13(18(2,3)4)14(19)8-12(11)17(21)23;2*1-10-5-8-14(15(21)19-10)20-16(22)12-7-6-11(18(2,3)4)9-13(12)17(20)23;1-11-5-8-15(16(21)19-11)20-10-12-9-13(18(2,3)4)6-7-14(12)17(20)22/h2*7-8,14H,1,5-6H2,2-4H3,(H,20,22);7-8,15H,1,5-6,9H2,2-4H3,(H,20,22);2*6-7,9,14H,1,5,8H2,2-4H3,(H,19,21);6-7,9,15H,1,5,8,10H2,2-4H3,(H,19,21)/t14-;;;14-;;/m0..0../s1. The SMILES string of the molecule is C=C1CCC(N2C(=O)c3cc(F)c(C(C)(C)C)cc3C2=O)C(=O)N1.C=C1CCC(N2C(=O)c3ccc(C(C)(C)C)cc3C2=O)C(=O)N1.C=C1CCC(N2Cc3cc(C(C)(C)C)c(F)cc3C2=O)C(=O)N1.C=C1CCC(N2Cc3cc(C(C)(C)C)ccc3C2=O)C(=O)N1.C=C1CC[C@H](N2C(=O)c3cc(F)c(C(C)(C)C)cc3C2=O)C(=O)N1.C=C1CC[C@H](N2C(=O)c3ccc(C(C)(C)C)cc3C2=O)C(=O)N1. The number of fused-ring (bicyclic) bond motifs is 6. The molecule has 139 heavy (non-hydrogen) atoms. The van der Waals surface area contributed by atoms with Crippen LogP contribution in [0.15, 0.2) is 165 Å². The predicted octanol–water partition coefficient (Wildman–Crippen LogP) is 15.4. The number of nitrogens with zero attached hydrogens (tertiary/aromatic N) is 6. The Bertz CT molecular complexity index is 6170. The number of rotatable bonds is 6. The summed E-state index contributed by atoms with van der Waals surface area (Å²) >= 11 is 0. The number of benzene rings is 6. The lowest BCUT2D eigenvalue weighted by Gasteiger charge is -2.30. The van der Waals surface area contributed by atoms with E-state index in [2.05, 4.69) is 98.2 Å². The maximum atomic E-state index is 14.4. The fourth-order valence-corrected chi connectivity index (χ4v) is 18.7. The lowest BCUT2D eigenvalue weighted by molar-refractivity contribution is -0.127. The van der Waals surface area contributed by atoms with Crippen molar-refractivity contribution in [2.45, 2.75) is 284 Å². The minimum Gasteiger partial charge on any atom is -0.329 e. The Hall–Kier alpha value is -14.1. The minimum atomic E-state index is -0.885. The Labute approximate surface area is 807 Å². The zero-order chi connectivity index (χ0) is 103. The first kappa shape index (κ1) is 102. The van der Waals surface area contributed by atoms with Gasteiger partial charge in [-0.15, -0.1) is 0 Å². The molecule has 6 saturated heterocycles. The summed E-state index contributed by atoms with van der Waals surface area (Å²) < 4.78 is 43.1. The number of carbonyl (C=O) groups excluding carboxylic acids is 16. The molecule has 0 spiro atoms. The molecule has 0 bridgehead atoms. The lowest BCUT2D eigenvalue weighted by atomic mass is 9.85. The van der Waals surface area contributed by atoms with E-state index in [1.807, 2.05) is 128 Å². The molecule has 0 aromatic heterocycles. The topological polar surface area (TPSA) is 365 Å². The van der Waals surface area contributed by atoms with Crippen molar-refractivity contribution in [2.75, 3.05) is 0 Å². The number of hydrogen-bond acceptors (Lipinski definition) is 16. The van der Waals surface area contributed by atoms with E-state index in [0.717, 1.165) is 71.7 Å². The second-order valence-electron chi connectivity index (χ2n) is 43.3. The lowest BCUT2D eigenvalue weighted by Crippen LogP contribution is -2.51. The summed E-state index contributed by atoms with van der Waals surface area (Å²) in [5.41, 5.74) is 11.5. The number of hydrogen-bond donors (Lipinski definition) is 6. The van der Waals surface area contributed by atoms with Gasteiger partial charge < -0.3 is 41.7 Å². The predicted molar refractivity (Wildman–Crippen MR) is 514 cm³/mol. The Balaban J connectivity index is 0.000000141. The Kier molecular flexibility index (Phi) is 28.0. The van der Waals surface area contributed by atoms with Crippen LogP contribution in [0, 0.1) is 17.5 Å². The van der Waals surface area contributed by atoms with E-state index in [-0.39, 0.29) is 103 Å². The van der Waals surface area contributed by atoms with Crippen molar-refractivity contribution in [2.24, 2.45) is 0 Å². The molecule has 0 saturated carbocycles. The van der Waals surface area contributed by atoms with Gasteiger partial charge in [0.05, 0.1) is 44.5 Å². The molecule has 18 rings (SSSR count). The molecule has 16 amide bonds. The highest BCUT2D eigenvalue weighted by Crippen LogP contribution is 2.42. The van der Waals surface area contributed by atoms with Gasteiger partial charge in [-0.2, -0.15) is 0 Å². The Morgan fingerprint density at radius 1 is 0.237 bits per heavy atom. The average Bonchev–Trinajstić information content (AvgIpc) is 1.58. The van der Waals surface area contributed by atoms with Crippen molar-refractivity contribution in [3.63, 3.8) is 0 Å². The van der Waals surface area contributed by atoms with Gasteiger partial charge in [-0.05, 0) is 221 Å². The Morgan fingerprint density at radius 3 is 0.705 bits per heavy atom. The van der Waals surface area contributed by atoms with Crippen LogP contribution >= 0.6 is 0 Å². The zero-order valence-electron chi connectivity index (χ0n) is 82.1. The zero-order valence-corrected chi connectivity index (χ0v) is 82.1. The van der Waals surface area contributed by atoms with Crippen LogP contribution in [0.2, 0.25) is 0 Å². The number of halogens is 3. The van der Waals surface area contributed by atoms with Crippen molar-refractivity contribution in [3.8, 4) is 0 Å². The van der Waals surface area contributed by atoms with Crippen molar-refractivity contribution in [1.82, 2.24) is 61.3 Å². The molecular formula is C108H121F3N12O16. The van der Waals surface area contributed by atoms with E-state index < -0.39 is 99.9 Å². The van der Waals surface area contributed by atoms with Gasteiger partial charge in [-0.3, -0.25) is 96.3 Å². The molecule has 31 heteroatoms. The van der Waals surface area contributed by atoms with E-state index in [1.54, 1.807) is 35.2 Å². The van der Waals surface area contributed by atoms with E-state index >= 15 is 0 Å². The highest BCUT2D eigenvalue weighted by molar-refractivity contribution is 6.26. The number of imide groups is 4. The van der Waals surface area contributed by atoms with E-state index in [1.165, 1.54) is 28.7 Å². The first-order chi connectivity index (χ1) is 64.6. The molecular weight excluding hydrogens is 1780 g/mol. The van der Waals surface area contributed by atoms with Crippen LogP contribution in [0.25, 0.3) is 0 Å². The summed E-state index contributed by atoms with van der Waals surface area (Å²) in [5.74, 6) is -7.49. The van der Waals surface area contributed by atoms with Gasteiger partial charge in [0.2, 0.25) is 35.4 Å². The normalized spacial score (nSPS) is 21.4. The number of amides is 16. The summed E-state index contributed by atoms with van der Waals surface area (Å²) in [7, 11) is 0. The van der Waals surface area contributed by atoms with Crippen LogP contribution < -0.4 is 31.9 Å². The van der Waals surface area contributed by atoms with Gasteiger partial charge in [-0.1, -0.05) is 188 Å². The van der Waals surface area contributed by atoms with E-state index in [9.17, 15) is 89.9 Å². The molecule has 12 heterocycles. The van der Waals surface area contributed by atoms with Crippen molar-refractivity contribution >= 4 is 94.5 Å². The number of nitrogens with one attached hydrogen (secondary N) is 6. The van der Waals surface area contributed by atoms with Crippen LogP contribution in [-0.2, 0) is 74.3 Å². The fraction of sp³-hybridized carbons (Fsp3) is 0.407. The number of allylic oxidation sites excluding steroid dienone is 6. The second-order valence-corrected chi connectivity index (χ2v) is 43.3. The van der Waals surface area contributed by atoms with Gasteiger partial charge in [0.15, 0.2) is 0 Å².